The Morgan fingerprint density at radius 1 is 1.20 bits per heavy atom. The van der Waals surface area contributed by atoms with Crippen molar-refractivity contribution < 1.29 is 14.3 Å². The fourth-order valence-electron chi connectivity index (χ4n) is 2.19. The van der Waals surface area contributed by atoms with Crippen LogP contribution >= 0.6 is 11.3 Å². The molecule has 0 aliphatic carbocycles. The normalized spacial score (nSPS) is 12.0. The first-order valence-corrected chi connectivity index (χ1v) is 8.52. The van der Waals surface area contributed by atoms with Crippen molar-refractivity contribution in [3.63, 3.8) is 0 Å². The smallest absolute Gasteiger partial charge is 0.157 e. The number of benzene rings is 1. The summed E-state index contributed by atoms with van der Waals surface area (Å²) in [6, 6.07) is 7.47. The minimum Gasteiger partial charge on any atom is -0.486 e. The SMILES string of the molecule is C/C(C=O)=C/C(C)=C\N(C)c1cnc(-c2ccc(OCC=O)cc2)s1. The molecule has 25 heavy (non-hydrogen) atoms. The standard InChI is InChI=1S/C19H20N2O3S/c1-14(10-15(2)13-23)12-21(3)18-11-20-19(25-18)16-4-6-17(7-5-16)24-9-8-22/h4-8,10-13H,9H2,1-3H3/b14-12-,15-10-. The van der Waals surface area contributed by atoms with Gasteiger partial charge in [-0.2, -0.15) is 0 Å². The first-order valence-electron chi connectivity index (χ1n) is 7.71. The average Bonchev–Trinajstić information content (AvgIpc) is 3.10. The van der Waals surface area contributed by atoms with Gasteiger partial charge in [-0.3, -0.25) is 9.59 Å². The first kappa shape index (κ1) is 18.6. The van der Waals surface area contributed by atoms with Crippen molar-refractivity contribution in [3.8, 4) is 16.3 Å². The molecule has 0 aliphatic heterocycles. The number of hydrogen-bond donors (Lipinski definition) is 0. The van der Waals surface area contributed by atoms with Crippen molar-refractivity contribution >= 4 is 28.9 Å². The zero-order valence-corrected chi connectivity index (χ0v) is 15.2. The van der Waals surface area contributed by atoms with Crippen molar-refractivity contribution in [2.75, 3.05) is 18.6 Å². The van der Waals surface area contributed by atoms with Crippen LogP contribution in [0.1, 0.15) is 13.8 Å². The second kappa shape index (κ2) is 8.94. The third-order valence-corrected chi connectivity index (χ3v) is 4.44. The van der Waals surface area contributed by atoms with Crippen LogP contribution in [-0.2, 0) is 9.59 Å². The average molecular weight is 356 g/mol. The predicted octanol–water partition coefficient (Wildman–Crippen LogP) is 3.87. The summed E-state index contributed by atoms with van der Waals surface area (Å²) in [6.07, 6.45) is 7.17. The lowest BCUT2D eigenvalue weighted by molar-refractivity contribution is -0.109. The van der Waals surface area contributed by atoms with Gasteiger partial charge in [-0.15, -0.1) is 0 Å². The fourth-order valence-corrected chi connectivity index (χ4v) is 3.05. The summed E-state index contributed by atoms with van der Waals surface area (Å²) in [6.45, 7) is 3.77. The van der Waals surface area contributed by atoms with Gasteiger partial charge < -0.3 is 9.64 Å². The summed E-state index contributed by atoms with van der Waals surface area (Å²) in [7, 11) is 1.95. The lowest BCUT2D eigenvalue weighted by Gasteiger charge is -2.11. The summed E-state index contributed by atoms with van der Waals surface area (Å²) < 4.78 is 5.24. The number of nitrogens with zero attached hydrogens (tertiary/aromatic N) is 2. The summed E-state index contributed by atoms with van der Waals surface area (Å²) in [5, 5.41) is 1.89. The van der Waals surface area contributed by atoms with Gasteiger partial charge in [0.25, 0.3) is 0 Å². The molecule has 0 amide bonds. The molecule has 0 fully saturated rings. The van der Waals surface area contributed by atoms with Crippen molar-refractivity contribution in [3.05, 3.63) is 53.9 Å². The van der Waals surface area contributed by atoms with E-state index in [0.717, 1.165) is 33.7 Å². The lowest BCUT2D eigenvalue weighted by atomic mass is 10.2. The summed E-state index contributed by atoms with van der Waals surface area (Å²) in [5.74, 6) is 0.653. The summed E-state index contributed by atoms with van der Waals surface area (Å²) >= 11 is 1.57. The molecule has 0 saturated carbocycles. The molecule has 0 unspecified atom stereocenters. The highest BCUT2D eigenvalue weighted by Crippen LogP contribution is 2.31. The largest absolute Gasteiger partial charge is 0.486 e. The van der Waals surface area contributed by atoms with E-state index in [0.29, 0.717) is 11.3 Å². The van der Waals surface area contributed by atoms with E-state index >= 15 is 0 Å². The number of aldehydes is 2. The zero-order valence-electron chi connectivity index (χ0n) is 14.4. The third kappa shape index (κ3) is 5.39. The topological polar surface area (TPSA) is 59.5 Å². The monoisotopic (exact) mass is 356 g/mol. The number of ether oxygens (including phenoxy) is 1. The van der Waals surface area contributed by atoms with Gasteiger partial charge in [0.2, 0.25) is 0 Å². The number of carbonyl (C=O) groups is 2. The first-order chi connectivity index (χ1) is 12.0. The van der Waals surface area contributed by atoms with E-state index < -0.39 is 0 Å². The van der Waals surface area contributed by atoms with Gasteiger partial charge in [0.15, 0.2) is 6.29 Å². The molecule has 0 bridgehead atoms. The van der Waals surface area contributed by atoms with Crippen molar-refractivity contribution in [2.45, 2.75) is 13.8 Å². The second-order valence-electron chi connectivity index (χ2n) is 5.50. The number of anilines is 1. The highest BCUT2D eigenvalue weighted by molar-refractivity contribution is 7.18. The molecule has 1 heterocycles. The molecule has 0 N–H and O–H groups in total. The summed E-state index contributed by atoms with van der Waals surface area (Å²) in [5.41, 5.74) is 2.66. The number of aromatic nitrogens is 1. The molecule has 0 atom stereocenters. The Labute approximate surface area is 151 Å². The van der Waals surface area contributed by atoms with Crippen LogP contribution in [0.2, 0.25) is 0 Å². The van der Waals surface area contributed by atoms with E-state index in [2.05, 4.69) is 4.98 Å². The molecule has 5 nitrogen and oxygen atoms in total. The van der Waals surface area contributed by atoms with Crippen LogP contribution in [-0.4, -0.2) is 31.2 Å². The van der Waals surface area contributed by atoms with Crippen LogP contribution in [0.25, 0.3) is 10.6 Å². The van der Waals surface area contributed by atoms with Crippen LogP contribution < -0.4 is 9.64 Å². The van der Waals surface area contributed by atoms with Gasteiger partial charge >= 0.3 is 0 Å². The van der Waals surface area contributed by atoms with Gasteiger partial charge in [-0.25, -0.2) is 4.98 Å². The molecule has 0 aliphatic rings. The maximum absolute atomic E-state index is 10.7. The van der Waals surface area contributed by atoms with E-state index in [-0.39, 0.29) is 6.61 Å². The van der Waals surface area contributed by atoms with Crippen LogP contribution in [0.15, 0.2) is 53.9 Å². The van der Waals surface area contributed by atoms with Crippen molar-refractivity contribution in [1.82, 2.24) is 4.98 Å². The number of rotatable bonds is 8. The minimum absolute atomic E-state index is 0.0508. The Hall–Kier alpha value is -2.73. The quantitative estimate of drug-likeness (QED) is 0.408. The Morgan fingerprint density at radius 3 is 2.56 bits per heavy atom. The molecule has 1 aromatic heterocycles. The molecule has 130 valence electrons. The van der Waals surface area contributed by atoms with E-state index in [9.17, 15) is 9.59 Å². The van der Waals surface area contributed by atoms with E-state index in [4.69, 9.17) is 4.74 Å². The van der Waals surface area contributed by atoms with E-state index in [1.165, 1.54) is 0 Å². The molecule has 6 heteroatoms. The molecule has 2 rings (SSSR count). The molecule has 1 aromatic carbocycles. The van der Waals surface area contributed by atoms with Crippen LogP contribution in [0, 0.1) is 0 Å². The zero-order chi connectivity index (χ0) is 18.2. The van der Waals surface area contributed by atoms with Gasteiger partial charge in [0.1, 0.15) is 28.7 Å². The number of hydrogen-bond acceptors (Lipinski definition) is 6. The number of allylic oxidation sites excluding steroid dienone is 3. The molecule has 0 saturated heterocycles. The summed E-state index contributed by atoms with van der Waals surface area (Å²) in [4.78, 5) is 27.5. The van der Waals surface area contributed by atoms with Crippen molar-refractivity contribution in [2.24, 2.45) is 0 Å². The molecular weight excluding hydrogens is 336 g/mol. The fraction of sp³-hybridized carbons (Fsp3) is 0.211. The molecule has 0 spiro atoms. The molecule has 0 radical (unpaired) electrons. The van der Waals surface area contributed by atoms with Crippen molar-refractivity contribution in [1.29, 1.82) is 0 Å². The van der Waals surface area contributed by atoms with Crippen LogP contribution in [0.3, 0.4) is 0 Å². The maximum Gasteiger partial charge on any atom is 0.157 e. The van der Waals surface area contributed by atoms with Crippen LogP contribution in [0.5, 0.6) is 5.75 Å². The highest BCUT2D eigenvalue weighted by Gasteiger charge is 2.07. The van der Waals surface area contributed by atoms with E-state index in [1.54, 1.807) is 18.3 Å². The second-order valence-corrected chi connectivity index (χ2v) is 6.51. The highest BCUT2D eigenvalue weighted by atomic mass is 32.1. The number of carbonyl (C=O) groups excluding carboxylic acids is 2. The Kier molecular flexibility index (Phi) is 6.65. The Balaban J connectivity index is 2.12. The minimum atomic E-state index is 0.0508. The van der Waals surface area contributed by atoms with Gasteiger partial charge in [-0.1, -0.05) is 17.4 Å². The maximum atomic E-state index is 10.7. The van der Waals surface area contributed by atoms with Crippen LogP contribution in [0.4, 0.5) is 5.00 Å². The Morgan fingerprint density at radius 2 is 1.92 bits per heavy atom. The Bertz CT molecular complexity index is 791. The molecular formula is C19H20N2O3S. The van der Waals surface area contributed by atoms with Gasteiger partial charge in [0, 0.05) is 18.8 Å². The number of thiazole rings is 1. The van der Waals surface area contributed by atoms with E-state index in [1.807, 2.05) is 61.6 Å². The lowest BCUT2D eigenvalue weighted by Crippen LogP contribution is -2.06. The predicted molar refractivity (Wildman–Crippen MR) is 101 cm³/mol. The van der Waals surface area contributed by atoms with Gasteiger partial charge in [0.05, 0.1) is 6.20 Å². The van der Waals surface area contributed by atoms with Gasteiger partial charge in [-0.05, 0) is 49.3 Å². The molecule has 2 aromatic rings. The third-order valence-electron chi connectivity index (χ3n) is 3.30.